The second-order valence-corrected chi connectivity index (χ2v) is 9.94. The number of sulfone groups is 1. The second-order valence-electron chi connectivity index (χ2n) is 7.93. The number of imide groups is 1. The predicted molar refractivity (Wildman–Crippen MR) is 115 cm³/mol. The summed E-state index contributed by atoms with van der Waals surface area (Å²) in [5.74, 6) is -1.25. The molecule has 4 rings (SSSR count). The number of hydrogen-bond acceptors (Lipinski definition) is 6. The molecule has 2 aromatic rings. The summed E-state index contributed by atoms with van der Waals surface area (Å²) in [4.78, 5) is 40.7. The molecule has 2 atom stereocenters. The molecular weight excluding hydrogens is 432 g/mol. The van der Waals surface area contributed by atoms with E-state index in [2.05, 4.69) is 0 Å². The molecule has 32 heavy (non-hydrogen) atoms. The van der Waals surface area contributed by atoms with Gasteiger partial charge in [0.15, 0.2) is 5.37 Å². The van der Waals surface area contributed by atoms with Gasteiger partial charge < -0.3 is 4.74 Å². The Balaban J connectivity index is 1.70. The summed E-state index contributed by atoms with van der Waals surface area (Å²) in [5, 5.41) is -1.31. The lowest BCUT2D eigenvalue weighted by Crippen LogP contribution is -2.74. The van der Waals surface area contributed by atoms with Gasteiger partial charge in [0.2, 0.25) is 15.7 Å². The van der Waals surface area contributed by atoms with Gasteiger partial charge in [0.25, 0.3) is 12.1 Å². The molecule has 2 aromatic carbocycles. The Morgan fingerprint density at radius 2 is 1.47 bits per heavy atom. The van der Waals surface area contributed by atoms with Gasteiger partial charge in [-0.15, -0.1) is 0 Å². The van der Waals surface area contributed by atoms with Gasteiger partial charge >= 0.3 is 6.09 Å². The Morgan fingerprint density at radius 1 is 0.906 bits per heavy atom. The molecule has 0 aliphatic carbocycles. The first-order valence-corrected chi connectivity index (χ1v) is 12.0. The zero-order chi connectivity index (χ0) is 23.1. The lowest BCUT2D eigenvalue weighted by Gasteiger charge is -2.55. The number of likely N-dealkylation sites (tertiary alicyclic amines) is 1. The number of carbonyl (C=O) groups excluding carboxylic acids is 3. The molecular formula is C23H24N2O6S. The van der Waals surface area contributed by atoms with Gasteiger partial charge in [0.1, 0.15) is 0 Å². The van der Waals surface area contributed by atoms with Crippen LogP contribution in [0, 0.1) is 5.41 Å². The van der Waals surface area contributed by atoms with Crippen molar-refractivity contribution in [1.29, 1.82) is 0 Å². The van der Waals surface area contributed by atoms with Crippen LogP contribution in [-0.4, -0.2) is 47.7 Å². The quantitative estimate of drug-likeness (QED) is 0.594. The first-order valence-electron chi connectivity index (χ1n) is 10.5. The van der Waals surface area contributed by atoms with Crippen molar-refractivity contribution in [2.75, 3.05) is 0 Å². The van der Waals surface area contributed by atoms with Crippen LogP contribution >= 0.6 is 0 Å². The van der Waals surface area contributed by atoms with E-state index in [1.165, 1.54) is 12.1 Å². The van der Waals surface area contributed by atoms with Crippen molar-refractivity contribution in [1.82, 2.24) is 9.80 Å². The fourth-order valence-corrected chi connectivity index (χ4v) is 6.83. The highest BCUT2D eigenvalue weighted by atomic mass is 32.2. The standard InChI is InChI=1S/C23H24N2O6S/c1-3-23(4-2)20(27)25(21(23)32(29,30)17-13-9-6-10-14-17)19-18(26)24(22(28)31-19)15-16-11-7-5-8-12-16/h5-14,19,21H,3-4,15H2,1-2H3/t19-,21-/m1/s1. The van der Waals surface area contributed by atoms with Crippen LogP contribution in [-0.2, 0) is 30.7 Å². The van der Waals surface area contributed by atoms with Crippen LogP contribution in [0.15, 0.2) is 65.6 Å². The van der Waals surface area contributed by atoms with Crippen molar-refractivity contribution in [2.45, 2.75) is 49.7 Å². The first-order chi connectivity index (χ1) is 15.3. The van der Waals surface area contributed by atoms with E-state index < -0.39 is 44.8 Å². The number of nitrogens with zero attached hydrogens (tertiary/aromatic N) is 2. The summed E-state index contributed by atoms with van der Waals surface area (Å²) in [5.41, 5.74) is -0.480. The Kier molecular flexibility index (Phi) is 5.54. The summed E-state index contributed by atoms with van der Waals surface area (Å²) in [6, 6.07) is 16.7. The minimum Gasteiger partial charge on any atom is -0.415 e. The van der Waals surface area contributed by atoms with Crippen molar-refractivity contribution in [3.63, 3.8) is 0 Å². The van der Waals surface area contributed by atoms with Crippen molar-refractivity contribution in [2.24, 2.45) is 5.41 Å². The van der Waals surface area contributed by atoms with Gasteiger partial charge in [-0.05, 0) is 30.5 Å². The van der Waals surface area contributed by atoms with Crippen molar-refractivity contribution in [3.8, 4) is 0 Å². The zero-order valence-electron chi connectivity index (χ0n) is 17.8. The van der Waals surface area contributed by atoms with Gasteiger partial charge in [-0.3, -0.25) is 14.5 Å². The normalized spacial score (nSPS) is 22.6. The third kappa shape index (κ3) is 3.19. The molecule has 0 aromatic heterocycles. The summed E-state index contributed by atoms with van der Waals surface area (Å²) >= 11 is 0. The molecule has 0 spiro atoms. The zero-order valence-corrected chi connectivity index (χ0v) is 18.6. The first kappa shape index (κ1) is 22.0. The van der Waals surface area contributed by atoms with Crippen LogP contribution in [0.5, 0.6) is 0 Å². The van der Waals surface area contributed by atoms with E-state index in [4.69, 9.17) is 4.74 Å². The molecule has 2 fully saturated rings. The van der Waals surface area contributed by atoms with Crippen LogP contribution in [0.1, 0.15) is 32.3 Å². The van der Waals surface area contributed by atoms with Crippen LogP contribution in [0.3, 0.4) is 0 Å². The molecule has 8 nitrogen and oxygen atoms in total. The van der Waals surface area contributed by atoms with Crippen molar-refractivity contribution < 1.29 is 27.5 Å². The minimum absolute atomic E-state index is 0.0279. The molecule has 2 aliphatic heterocycles. The largest absolute Gasteiger partial charge is 0.419 e. The fraction of sp³-hybridized carbons (Fsp3) is 0.348. The third-order valence-corrected chi connectivity index (χ3v) is 8.55. The topological polar surface area (TPSA) is 101 Å². The van der Waals surface area contributed by atoms with E-state index in [1.54, 1.807) is 56.3 Å². The molecule has 0 bridgehead atoms. The smallest absolute Gasteiger partial charge is 0.415 e. The number of amides is 3. The summed E-state index contributed by atoms with van der Waals surface area (Å²) in [6.45, 7) is 3.46. The third-order valence-electron chi connectivity index (χ3n) is 6.36. The summed E-state index contributed by atoms with van der Waals surface area (Å²) < 4.78 is 32.4. The molecule has 3 amide bonds. The van der Waals surface area contributed by atoms with Gasteiger partial charge in [0, 0.05) is 0 Å². The lowest BCUT2D eigenvalue weighted by molar-refractivity contribution is -0.184. The molecule has 2 heterocycles. The monoisotopic (exact) mass is 456 g/mol. The SMILES string of the molecule is CCC1(CC)C(=O)N([C@@H]2OC(=O)N(Cc3ccccc3)C2=O)[C@@H]1S(=O)(=O)c1ccccc1. The van der Waals surface area contributed by atoms with Gasteiger partial charge in [-0.2, -0.15) is 0 Å². The predicted octanol–water partition coefficient (Wildman–Crippen LogP) is 2.94. The highest BCUT2D eigenvalue weighted by Gasteiger charge is 2.68. The van der Waals surface area contributed by atoms with E-state index >= 15 is 0 Å². The molecule has 2 aliphatic rings. The van der Waals surface area contributed by atoms with Crippen LogP contribution in [0.25, 0.3) is 0 Å². The Morgan fingerprint density at radius 3 is 2.03 bits per heavy atom. The van der Waals surface area contributed by atoms with Gasteiger partial charge in [-0.1, -0.05) is 62.4 Å². The number of rotatable bonds is 7. The number of hydrogen-bond donors (Lipinski definition) is 0. The number of benzene rings is 2. The summed E-state index contributed by atoms with van der Waals surface area (Å²) in [6.07, 6.45) is -1.96. The van der Waals surface area contributed by atoms with Crippen molar-refractivity contribution >= 4 is 27.7 Å². The van der Waals surface area contributed by atoms with E-state index in [0.717, 1.165) is 9.80 Å². The van der Waals surface area contributed by atoms with E-state index in [-0.39, 0.29) is 24.3 Å². The number of carbonyl (C=O) groups is 3. The van der Waals surface area contributed by atoms with E-state index in [0.29, 0.717) is 5.56 Å². The highest BCUT2D eigenvalue weighted by molar-refractivity contribution is 7.92. The van der Waals surface area contributed by atoms with Crippen LogP contribution in [0.4, 0.5) is 4.79 Å². The van der Waals surface area contributed by atoms with E-state index in [9.17, 15) is 22.8 Å². The van der Waals surface area contributed by atoms with Gasteiger partial charge in [0.05, 0.1) is 16.9 Å². The van der Waals surface area contributed by atoms with Crippen molar-refractivity contribution in [3.05, 3.63) is 66.2 Å². The number of ether oxygens (including phenoxy) is 1. The maximum atomic E-state index is 13.6. The number of β-lactam (4-membered cyclic amide) rings is 1. The Hall–Kier alpha value is -3.20. The lowest BCUT2D eigenvalue weighted by atomic mass is 9.73. The molecule has 168 valence electrons. The molecule has 9 heteroatoms. The molecule has 2 saturated heterocycles. The van der Waals surface area contributed by atoms with E-state index in [1.807, 2.05) is 6.07 Å². The van der Waals surface area contributed by atoms with Gasteiger partial charge in [-0.25, -0.2) is 18.1 Å². The van der Waals surface area contributed by atoms with Crippen LogP contribution < -0.4 is 0 Å². The Bertz CT molecular complexity index is 1150. The average molecular weight is 457 g/mol. The Labute approximate surface area is 186 Å². The number of cyclic esters (lactones) is 1. The average Bonchev–Trinajstić information content (AvgIpc) is 3.07. The van der Waals surface area contributed by atoms with Crippen LogP contribution in [0.2, 0.25) is 0 Å². The fourth-order valence-electron chi connectivity index (χ4n) is 4.50. The maximum Gasteiger partial charge on any atom is 0.419 e. The minimum atomic E-state index is -4.03. The molecule has 0 N–H and O–H groups in total. The molecule has 0 saturated carbocycles. The second kappa shape index (κ2) is 8.05. The molecule has 0 unspecified atom stereocenters. The maximum absolute atomic E-state index is 13.6. The highest BCUT2D eigenvalue weighted by Crippen LogP contribution is 2.51. The molecule has 0 radical (unpaired) electrons. The summed E-state index contributed by atoms with van der Waals surface area (Å²) in [7, 11) is -4.03.